The molecule has 0 heterocycles. The van der Waals surface area contributed by atoms with Gasteiger partial charge in [0.25, 0.3) is 0 Å². The van der Waals surface area contributed by atoms with Crippen molar-refractivity contribution >= 4 is 24.8 Å². The molecule has 0 nitrogen and oxygen atoms in total. The van der Waals surface area contributed by atoms with Crippen LogP contribution in [0.5, 0.6) is 0 Å². The Balaban J connectivity index is -0.0000000150. The molecular weight excluding hydrogens is 289 g/mol. The first kappa shape index (κ1) is 23.0. The van der Waals surface area contributed by atoms with Gasteiger partial charge in [0, 0.05) is 26.2 Å². The Morgan fingerprint density at radius 2 is 1.57 bits per heavy atom. The number of halogens is 2. The number of rotatable bonds is 1. The topological polar surface area (TPSA) is 0 Å². The minimum absolute atomic E-state index is 0. The molecule has 0 amide bonds. The van der Waals surface area contributed by atoms with E-state index in [1.54, 1.807) is 24.7 Å². The number of hydrogen-bond acceptors (Lipinski definition) is 0. The summed E-state index contributed by atoms with van der Waals surface area (Å²) in [5, 5.41) is 0. The average molecular weight is 296 g/mol. The molecule has 0 aromatic carbocycles. The molecule has 0 aliphatic rings. The van der Waals surface area contributed by atoms with Gasteiger partial charge < -0.3 is 0 Å². The molecule has 0 saturated carbocycles. The van der Waals surface area contributed by atoms with E-state index in [1.165, 1.54) is 4.13 Å². The first-order chi connectivity index (χ1) is 1.91. The van der Waals surface area contributed by atoms with Crippen molar-refractivity contribution in [3.63, 3.8) is 0 Å². The van der Waals surface area contributed by atoms with Crippen LogP contribution in [-0.4, -0.2) is 0 Å². The van der Waals surface area contributed by atoms with Crippen LogP contribution in [0.2, 0.25) is 4.13 Å². The Hall–Kier alpha value is 2.09. The van der Waals surface area contributed by atoms with Gasteiger partial charge >= 0.3 is 41.5 Å². The second kappa shape index (κ2) is 24.3. The van der Waals surface area contributed by atoms with Crippen molar-refractivity contribution < 1.29 is 50.9 Å². The van der Waals surface area contributed by atoms with Crippen LogP contribution < -0.4 is 0 Å². The van der Waals surface area contributed by atoms with Gasteiger partial charge in [-0.3, -0.25) is 0 Å². The standard InChI is InChI=1S/C3H5.2ClH.2Zr/c1-3-2;;;;/h3H,1-2H2;2*1H;;. The zero-order valence-corrected chi connectivity index (χ0v) is 10.4. The molecule has 0 rings (SSSR count). The van der Waals surface area contributed by atoms with Gasteiger partial charge in [0.1, 0.15) is 0 Å². The van der Waals surface area contributed by atoms with E-state index in [0.717, 1.165) is 0 Å². The number of allylic oxidation sites excluding steroid dienone is 1. The molecular formula is C3H7Cl2Zr2. The largest absolute Gasteiger partial charge is 0.147 e. The van der Waals surface area contributed by atoms with Crippen LogP contribution in [0.3, 0.4) is 0 Å². The molecule has 0 atom stereocenters. The fourth-order valence-corrected chi connectivity index (χ4v) is 0. The summed E-state index contributed by atoms with van der Waals surface area (Å²) in [5.74, 6) is 0. The molecule has 41 valence electrons. The van der Waals surface area contributed by atoms with Crippen LogP contribution in [0, 0.1) is 0 Å². The van der Waals surface area contributed by atoms with Gasteiger partial charge in [-0.15, -0.1) is 24.8 Å². The van der Waals surface area contributed by atoms with Crippen LogP contribution in [0.15, 0.2) is 12.7 Å². The molecule has 0 saturated heterocycles. The van der Waals surface area contributed by atoms with Crippen LogP contribution in [0.4, 0.5) is 0 Å². The summed E-state index contributed by atoms with van der Waals surface area (Å²) in [6.07, 6.45) is 1.92. The third kappa shape index (κ3) is 31.4. The molecule has 0 aromatic heterocycles. The first-order valence-electron chi connectivity index (χ1n) is 1.17. The van der Waals surface area contributed by atoms with Crippen molar-refractivity contribution in [3.8, 4) is 0 Å². The molecule has 0 N–H and O–H groups in total. The van der Waals surface area contributed by atoms with Gasteiger partial charge in [0.05, 0.1) is 0 Å². The summed E-state index contributed by atoms with van der Waals surface area (Å²) in [6, 6.07) is 0. The summed E-state index contributed by atoms with van der Waals surface area (Å²) in [4.78, 5) is 0. The van der Waals surface area contributed by atoms with Crippen molar-refractivity contribution in [2.75, 3.05) is 0 Å². The van der Waals surface area contributed by atoms with Crippen molar-refractivity contribution in [1.82, 2.24) is 0 Å². The summed E-state index contributed by atoms with van der Waals surface area (Å²) in [6.45, 7) is 3.50. The van der Waals surface area contributed by atoms with Gasteiger partial charge in [-0.05, 0) is 0 Å². The second-order valence-corrected chi connectivity index (χ2v) is 1.50. The van der Waals surface area contributed by atoms with E-state index in [-0.39, 0.29) is 51.0 Å². The van der Waals surface area contributed by atoms with E-state index in [9.17, 15) is 0 Å². The molecule has 4 heteroatoms. The predicted molar refractivity (Wildman–Crippen MR) is 29.5 cm³/mol. The van der Waals surface area contributed by atoms with Gasteiger partial charge in [0.2, 0.25) is 0 Å². The predicted octanol–water partition coefficient (Wildman–Crippen LogP) is 1.98. The van der Waals surface area contributed by atoms with Gasteiger partial charge in [-0.2, -0.15) is 0 Å². The van der Waals surface area contributed by atoms with Gasteiger partial charge in [0.15, 0.2) is 0 Å². The van der Waals surface area contributed by atoms with Crippen LogP contribution in [-0.2, 0) is 50.9 Å². The SMILES string of the molecule is C=C[CH2][Zr].Cl.Cl.[Zr]. The fraction of sp³-hybridized carbons (Fsp3) is 0.333. The average Bonchev–Trinajstić information content (AvgIpc) is 1.37. The molecule has 0 bridgehead atoms. The molecule has 0 aliphatic carbocycles. The smallest absolute Gasteiger partial charge is 0 e. The van der Waals surface area contributed by atoms with Crippen molar-refractivity contribution in [1.29, 1.82) is 0 Å². The third-order valence-electron chi connectivity index (χ3n) is 0.144. The van der Waals surface area contributed by atoms with Crippen LogP contribution in [0.1, 0.15) is 0 Å². The van der Waals surface area contributed by atoms with Crippen molar-refractivity contribution in [2.24, 2.45) is 0 Å². The minimum Gasteiger partial charge on any atom is -0.147 e. The maximum Gasteiger partial charge on any atom is 0 e. The van der Waals surface area contributed by atoms with E-state index >= 15 is 0 Å². The first-order valence-corrected chi connectivity index (χ1v) is 2.91. The Morgan fingerprint density at radius 3 is 1.57 bits per heavy atom. The van der Waals surface area contributed by atoms with E-state index in [1.807, 2.05) is 6.08 Å². The van der Waals surface area contributed by atoms with E-state index in [0.29, 0.717) is 0 Å². The molecule has 0 fully saturated rings. The third-order valence-corrected chi connectivity index (χ3v) is 0.854. The maximum absolute atomic E-state index is 3.50. The van der Waals surface area contributed by atoms with E-state index in [4.69, 9.17) is 0 Å². The summed E-state index contributed by atoms with van der Waals surface area (Å²) in [5.41, 5.74) is 0. The van der Waals surface area contributed by atoms with Crippen molar-refractivity contribution in [3.05, 3.63) is 12.7 Å². The second-order valence-electron chi connectivity index (χ2n) is 0.493. The van der Waals surface area contributed by atoms with Gasteiger partial charge in [-0.1, -0.05) is 0 Å². The quantitative estimate of drug-likeness (QED) is 0.649. The molecule has 0 unspecified atom stereocenters. The molecule has 0 aromatic rings. The Morgan fingerprint density at radius 1 is 1.43 bits per heavy atom. The zero-order valence-electron chi connectivity index (χ0n) is 3.81. The molecule has 0 spiro atoms. The summed E-state index contributed by atoms with van der Waals surface area (Å²) >= 11 is 1.55. The maximum atomic E-state index is 3.50. The van der Waals surface area contributed by atoms with Crippen LogP contribution in [0.25, 0.3) is 0 Å². The van der Waals surface area contributed by atoms with E-state index < -0.39 is 0 Å². The summed E-state index contributed by atoms with van der Waals surface area (Å²) in [7, 11) is 0. The normalized spacial score (nSPS) is 3.29. The zero-order chi connectivity index (χ0) is 3.41. The number of hydrogen-bond donors (Lipinski definition) is 0. The van der Waals surface area contributed by atoms with Crippen molar-refractivity contribution in [2.45, 2.75) is 4.13 Å². The van der Waals surface area contributed by atoms with Gasteiger partial charge in [-0.25, -0.2) is 0 Å². The molecule has 0 radical (unpaired) electrons. The molecule has 7 heavy (non-hydrogen) atoms. The molecule has 0 aliphatic heterocycles. The van der Waals surface area contributed by atoms with Crippen LogP contribution >= 0.6 is 24.8 Å². The van der Waals surface area contributed by atoms with E-state index in [2.05, 4.69) is 6.58 Å². The Bertz CT molecular complexity index is 24.9. The minimum atomic E-state index is 0. The summed E-state index contributed by atoms with van der Waals surface area (Å²) < 4.78 is 1.17. The monoisotopic (exact) mass is 293 g/mol. The fourth-order valence-electron chi connectivity index (χ4n) is 0. The Labute approximate surface area is 91.3 Å². The Kier molecular flexibility index (Phi) is 79.8.